The second kappa shape index (κ2) is 3.66. The number of carbonyl (C=O) groups excluding carboxylic acids is 1. The van der Waals surface area contributed by atoms with Gasteiger partial charge in [0, 0.05) is 0 Å². The van der Waals surface area contributed by atoms with Crippen LogP contribution in [0, 0.1) is 10.1 Å². The Balaban J connectivity index is 3.43. The number of hydrogen-bond acceptors (Lipinski definition) is 3. The van der Waals surface area contributed by atoms with Crippen LogP contribution in [0.3, 0.4) is 0 Å². The molecule has 0 radical (unpaired) electrons. The van der Waals surface area contributed by atoms with E-state index >= 15 is 0 Å². The van der Waals surface area contributed by atoms with E-state index in [-0.39, 0.29) is 17.0 Å². The van der Waals surface area contributed by atoms with Gasteiger partial charge in [-0.25, -0.2) is 0 Å². The minimum absolute atomic E-state index is 0.124. The fourth-order valence-corrected chi connectivity index (χ4v) is 1.50. The number of nitrogens with zero attached hydrogens (tertiary/aromatic N) is 1. The van der Waals surface area contributed by atoms with Gasteiger partial charge >= 0.3 is 0 Å². The van der Waals surface area contributed by atoms with E-state index in [2.05, 4.69) is 15.9 Å². The number of rotatable bonds is 2. The van der Waals surface area contributed by atoms with Gasteiger partial charge in [-0.3, -0.25) is 14.9 Å². The lowest BCUT2D eigenvalue weighted by Crippen LogP contribution is -2.00. The van der Waals surface area contributed by atoms with Gasteiger partial charge < -0.3 is 0 Å². The summed E-state index contributed by atoms with van der Waals surface area (Å²) < 4.78 is 0.324. The molecular weight excluding hydrogens is 238 g/mol. The minimum atomic E-state index is -0.569. The van der Waals surface area contributed by atoms with Gasteiger partial charge in [-0.1, -0.05) is 6.07 Å². The molecule has 1 rings (SSSR count). The number of halogens is 1. The van der Waals surface area contributed by atoms with Crippen molar-refractivity contribution in [3.8, 4) is 0 Å². The van der Waals surface area contributed by atoms with Crippen LogP contribution in [0.4, 0.5) is 5.69 Å². The van der Waals surface area contributed by atoms with Crippen molar-refractivity contribution in [1.29, 1.82) is 0 Å². The monoisotopic (exact) mass is 243 g/mol. The molecule has 0 bridgehead atoms. The standard InChI is InChI=1S/C8H6BrNO3/c1-5(11)6-3-2-4-7(9)8(6)10(12)13/h2-4H,1H3. The Bertz CT molecular complexity index is 376. The van der Waals surface area contributed by atoms with E-state index in [4.69, 9.17) is 0 Å². The van der Waals surface area contributed by atoms with E-state index in [1.165, 1.54) is 19.1 Å². The van der Waals surface area contributed by atoms with Gasteiger partial charge in [-0.2, -0.15) is 0 Å². The number of carbonyl (C=O) groups is 1. The van der Waals surface area contributed by atoms with E-state index in [0.29, 0.717) is 4.47 Å². The van der Waals surface area contributed by atoms with E-state index in [1.807, 2.05) is 0 Å². The molecule has 5 heteroatoms. The van der Waals surface area contributed by atoms with Crippen LogP contribution in [0.2, 0.25) is 0 Å². The van der Waals surface area contributed by atoms with E-state index in [0.717, 1.165) is 0 Å². The fraction of sp³-hybridized carbons (Fsp3) is 0.125. The lowest BCUT2D eigenvalue weighted by atomic mass is 10.1. The Kier molecular flexibility index (Phi) is 2.77. The third-order valence-electron chi connectivity index (χ3n) is 1.55. The lowest BCUT2D eigenvalue weighted by Gasteiger charge is -1.99. The molecule has 0 unspecified atom stereocenters. The van der Waals surface area contributed by atoms with Crippen molar-refractivity contribution in [1.82, 2.24) is 0 Å². The number of benzene rings is 1. The summed E-state index contributed by atoms with van der Waals surface area (Å²) in [5.74, 6) is -0.312. The van der Waals surface area contributed by atoms with Crippen LogP contribution in [0.25, 0.3) is 0 Å². The molecule has 0 amide bonds. The maximum Gasteiger partial charge on any atom is 0.294 e. The van der Waals surface area contributed by atoms with Crippen LogP contribution in [0.15, 0.2) is 22.7 Å². The van der Waals surface area contributed by atoms with Crippen LogP contribution in [0.5, 0.6) is 0 Å². The summed E-state index contributed by atoms with van der Waals surface area (Å²) in [6.45, 7) is 1.30. The Morgan fingerprint density at radius 2 is 2.15 bits per heavy atom. The third-order valence-corrected chi connectivity index (χ3v) is 2.19. The second-order valence-corrected chi connectivity index (χ2v) is 3.30. The topological polar surface area (TPSA) is 60.2 Å². The normalized spacial score (nSPS) is 9.69. The molecule has 0 aliphatic carbocycles. The molecule has 0 atom stereocenters. The second-order valence-electron chi connectivity index (χ2n) is 2.45. The molecule has 0 saturated carbocycles. The summed E-state index contributed by atoms with van der Waals surface area (Å²) >= 11 is 3.02. The Labute approximate surface area is 82.8 Å². The van der Waals surface area contributed by atoms with Crippen molar-refractivity contribution in [2.24, 2.45) is 0 Å². The Morgan fingerprint density at radius 1 is 1.54 bits per heavy atom. The minimum Gasteiger partial charge on any atom is -0.294 e. The van der Waals surface area contributed by atoms with Crippen molar-refractivity contribution in [2.45, 2.75) is 6.92 Å². The maximum absolute atomic E-state index is 11.0. The fourth-order valence-electron chi connectivity index (χ4n) is 0.985. The average molecular weight is 244 g/mol. The van der Waals surface area contributed by atoms with Gasteiger partial charge in [0.25, 0.3) is 5.69 Å². The zero-order chi connectivity index (χ0) is 10.0. The molecule has 0 fully saturated rings. The van der Waals surface area contributed by atoms with Crippen LogP contribution < -0.4 is 0 Å². The number of nitro groups is 1. The molecule has 0 aliphatic rings. The molecule has 0 spiro atoms. The van der Waals surface area contributed by atoms with Crippen molar-refractivity contribution in [2.75, 3.05) is 0 Å². The SMILES string of the molecule is CC(=O)c1cccc(Br)c1[N+](=O)[O-]. The van der Waals surface area contributed by atoms with Crippen molar-refractivity contribution < 1.29 is 9.72 Å². The summed E-state index contributed by atoms with van der Waals surface area (Å²) in [7, 11) is 0. The predicted molar refractivity (Wildman–Crippen MR) is 50.8 cm³/mol. The van der Waals surface area contributed by atoms with Gasteiger partial charge in [-0.05, 0) is 35.0 Å². The maximum atomic E-state index is 11.0. The molecular formula is C8H6BrNO3. The van der Waals surface area contributed by atoms with Gasteiger partial charge in [0.2, 0.25) is 0 Å². The van der Waals surface area contributed by atoms with Gasteiger partial charge in [-0.15, -0.1) is 0 Å². The van der Waals surface area contributed by atoms with E-state index in [1.54, 1.807) is 6.07 Å². The highest BCUT2D eigenvalue weighted by Crippen LogP contribution is 2.28. The Morgan fingerprint density at radius 3 is 2.54 bits per heavy atom. The van der Waals surface area contributed by atoms with Crippen LogP contribution >= 0.6 is 15.9 Å². The summed E-state index contributed by atoms with van der Waals surface area (Å²) in [6.07, 6.45) is 0. The van der Waals surface area contributed by atoms with Gasteiger partial charge in [0.05, 0.1) is 15.0 Å². The first-order chi connectivity index (χ1) is 6.04. The van der Waals surface area contributed by atoms with Crippen molar-refractivity contribution in [3.05, 3.63) is 38.3 Å². The third kappa shape index (κ3) is 1.92. The highest BCUT2D eigenvalue weighted by atomic mass is 79.9. The highest BCUT2D eigenvalue weighted by Gasteiger charge is 2.20. The smallest absolute Gasteiger partial charge is 0.294 e. The number of nitro benzene ring substituents is 1. The molecule has 0 saturated heterocycles. The quantitative estimate of drug-likeness (QED) is 0.456. The van der Waals surface area contributed by atoms with E-state index < -0.39 is 4.92 Å². The largest absolute Gasteiger partial charge is 0.294 e. The van der Waals surface area contributed by atoms with Crippen LogP contribution in [0.1, 0.15) is 17.3 Å². The Hall–Kier alpha value is -1.23. The van der Waals surface area contributed by atoms with Crippen LogP contribution in [-0.4, -0.2) is 10.7 Å². The molecule has 68 valence electrons. The number of ketones is 1. The predicted octanol–water partition coefficient (Wildman–Crippen LogP) is 2.56. The molecule has 0 N–H and O–H groups in total. The zero-order valence-electron chi connectivity index (χ0n) is 6.78. The summed E-state index contributed by atoms with van der Waals surface area (Å²) in [6, 6.07) is 4.56. The molecule has 4 nitrogen and oxygen atoms in total. The van der Waals surface area contributed by atoms with E-state index in [9.17, 15) is 14.9 Å². The molecule has 0 aromatic heterocycles. The van der Waals surface area contributed by atoms with Gasteiger partial charge in [0.15, 0.2) is 5.78 Å². The first kappa shape index (κ1) is 9.85. The first-order valence-electron chi connectivity index (χ1n) is 3.48. The molecule has 0 heterocycles. The average Bonchev–Trinajstić information content (AvgIpc) is 2.02. The van der Waals surface area contributed by atoms with Gasteiger partial charge in [0.1, 0.15) is 0 Å². The van der Waals surface area contributed by atoms with Crippen molar-refractivity contribution >= 4 is 27.4 Å². The van der Waals surface area contributed by atoms with Crippen molar-refractivity contribution in [3.63, 3.8) is 0 Å². The number of hydrogen-bond donors (Lipinski definition) is 0. The molecule has 1 aromatic rings. The molecule has 1 aromatic carbocycles. The summed E-state index contributed by atoms with van der Waals surface area (Å²) in [5, 5.41) is 10.6. The molecule has 13 heavy (non-hydrogen) atoms. The number of para-hydroxylation sites is 1. The summed E-state index contributed by atoms with van der Waals surface area (Å²) in [5.41, 5.74) is -0.0469. The first-order valence-corrected chi connectivity index (χ1v) is 4.27. The van der Waals surface area contributed by atoms with Crippen LogP contribution in [-0.2, 0) is 0 Å². The number of Topliss-reactive ketones (excluding diaryl/α,β-unsaturated/α-hetero) is 1. The summed E-state index contributed by atoms with van der Waals surface area (Å²) in [4.78, 5) is 21.0. The molecule has 0 aliphatic heterocycles. The lowest BCUT2D eigenvalue weighted by molar-refractivity contribution is -0.385. The highest BCUT2D eigenvalue weighted by molar-refractivity contribution is 9.10. The zero-order valence-corrected chi connectivity index (χ0v) is 8.37.